The molecule has 0 spiro atoms. The Kier molecular flexibility index (Phi) is 5.90. The number of fused-ring (bicyclic) bond motifs is 1. The number of hydrogen-bond donors (Lipinski definition) is 0. The molecule has 3 amide bonds. The van der Waals surface area contributed by atoms with E-state index in [1.165, 1.54) is 4.90 Å². The number of hydrogen-bond acceptors (Lipinski definition) is 4. The zero-order chi connectivity index (χ0) is 21.3. The van der Waals surface area contributed by atoms with E-state index < -0.39 is 0 Å². The standard InChI is InChI=1S/C23H23BrN2O4/c1-30-18-6-2-4-15(13-18)12-17-5-3-10-25(17)21(27)9-11-26-22(28)19-8-7-16(24)14-20(19)23(26)29/h2,4,6-8,13-14,17H,3,5,9-12H2,1H3. The van der Waals surface area contributed by atoms with Gasteiger partial charge in [0.1, 0.15) is 5.75 Å². The number of nitrogens with zero attached hydrogens (tertiary/aromatic N) is 2. The maximum Gasteiger partial charge on any atom is 0.261 e. The summed E-state index contributed by atoms with van der Waals surface area (Å²) in [6.45, 7) is 0.813. The van der Waals surface area contributed by atoms with Crippen LogP contribution in [0.15, 0.2) is 46.9 Å². The van der Waals surface area contributed by atoms with Gasteiger partial charge in [-0.05, 0) is 55.2 Å². The van der Waals surface area contributed by atoms with E-state index in [0.717, 1.165) is 35.0 Å². The summed E-state index contributed by atoms with van der Waals surface area (Å²) >= 11 is 3.33. The first-order chi connectivity index (χ1) is 14.5. The minimum absolute atomic E-state index is 0.0156. The third-order valence-corrected chi connectivity index (χ3v) is 6.28. The molecule has 156 valence electrons. The normalized spacial score (nSPS) is 18.1. The van der Waals surface area contributed by atoms with E-state index in [0.29, 0.717) is 17.7 Å². The van der Waals surface area contributed by atoms with Gasteiger partial charge in [0.15, 0.2) is 0 Å². The van der Waals surface area contributed by atoms with Crippen LogP contribution in [0, 0.1) is 0 Å². The molecular weight excluding hydrogens is 448 g/mol. The lowest BCUT2D eigenvalue weighted by Crippen LogP contribution is -2.40. The molecule has 2 aromatic carbocycles. The van der Waals surface area contributed by atoms with Crippen molar-refractivity contribution in [3.63, 3.8) is 0 Å². The molecular formula is C23H23BrN2O4. The molecule has 2 aliphatic rings. The minimum Gasteiger partial charge on any atom is -0.497 e. The van der Waals surface area contributed by atoms with Gasteiger partial charge in [-0.1, -0.05) is 28.1 Å². The van der Waals surface area contributed by atoms with Gasteiger partial charge in [0.2, 0.25) is 5.91 Å². The van der Waals surface area contributed by atoms with Gasteiger partial charge in [0.05, 0.1) is 18.2 Å². The van der Waals surface area contributed by atoms with E-state index in [-0.39, 0.29) is 36.7 Å². The van der Waals surface area contributed by atoms with E-state index in [4.69, 9.17) is 4.74 Å². The highest BCUT2D eigenvalue weighted by molar-refractivity contribution is 9.10. The van der Waals surface area contributed by atoms with Crippen molar-refractivity contribution in [2.75, 3.05) is 20.2 Å². The first kappa shape index (κ1) is 20.6. The van der Waals surface area contributed by atoms with Crippen molar-refractivity contribution in [1.29, 1.82) is 0 Å². The summed E-state index contributed by atoms with van der Waals surface area (Å²) in [7, 11) is 1.64. The van der Waals surface area contributed by atoms with Crippen LogP contribution in [-0.4, -0.2) is 53.8 Å². The molecule has 0 bridgehead atoms. The highest BCUT2D eigenvalue weighted by Gasteiger charge is 2.36. The molecule has 30 heavy (non-hydrogen) atoms. The fourth-order valence-electron chi connectivity index (χ4n) is 4.26. The van der Waals surface area contributed by atoms with Crippen LogP contribution < -0.4 is 4.74 Å². The lowest BCUT2D eigenvalue weighted by molar-refractivity contribution is -0.132. The molecule has 1 fully saturated rings. The Hall–Kier alpha value is -2.67. The van der Waals surface area contributed by atoms with E-state index in [2.05, 4.69) is 15.9 Å². The van der Waals surface area contributed by atoms with Crippen molar-refractivity contribution < 1.29 is 19.1 Å². The second-order valence-electron chi connectivity index (χ2n) is 7.64. The maximum absolute atomic E-state index is 12.9. The molecule has 2 heterocycles. The second kappa shape index (κ2) is 8.60. The van der Waals surface area contributed by atoms with E-state index in [1.807, 2.05) is 29.2 Å². The van der Waals surface area contributed by atoms with Crippen molar-refractivity contribution in [2.24, 2.45) is 0 Å². The molecule has 1 saturated heterocycles. The van der Waals surface area contributed by atoms with Gasteiger partial charge in [-0.25, -0.2) is 0 Å². The zero-order valence-electron chi connectivity index (χ0n) is 16.8. The summed E-state index contributed by atoms with van der Waals surface area (Å²) < 4.78 is 6.04. The third kappa shape index (κ3) is 3.99. The van der Waals surface area contributed by atoms with Crippen LogP contribution in [0.5, 0.6) is 5.75 Å². The number of benzene rings is 2. The Bertz CT molecular complexity index is 1010. The van der Waals surface area contributed by atoms with E-state index in [1.54, 1.807) is 25.3 Å². The summed E-state index contributed by atoms with van der Waals surface area (Å²) in [5.74, 6) is 0.127. The van der Waals surface area contributed by atoms with E-state index in [9.17, 15) is 14.4 Å². The Morgan fingerprint density at radius 1 is 1.13 bits per heavy atom. The smallest absolute Gasteiger partial charge is 0.261 e. The van der Waals surface area contributed by atoms with Gasteiger partial charge in [-0.3, -0.25) is 19.3 Å². The largest absolute Gasteiger partial charge is 0.497 e. The summed E-state index contributed by atoms with van der Waals surface area (Å²) in [6, 6.07) is 13.1. The SMILES string of the molecule is COc1cccc(CC2CCCN2C(=O)CCN2C(=O)c3ccc(Br)cc3C2=O)c1. The number of carbonyl (C=O) groups is 3. The van der Waals surface area contributed by atoms with Gasteiger partial charge >= 0.3 is 0 Å². The van der Waals surface area contributed by atoms with Crippen LogP contribution >= 0.6 is 15.9 Å². The Morgan fingerprint density at radius 3 is 2.73 bits per heavy atom. The van der Waals surface area contributed by atoms with Gasteiger partial charge < -0.3 is 9.64 Å². The number of methoxy groups -OCH3 is 1. The van der Waals surface area contributed by atoms with Gasteiger partial charge in [-0.2, -0.15) is 0 Å². The van der Waals surface area contributed by atoms with Crippen LogP contribution in [0.1, 0.15) is 45.5 Å². The highest BCUT2D eigenvalue weighted by Crippen LogP contribution is 2.27. The average Bonchev–Trinajstić information content (AvgIpc) is 3.29. The molecule has 0 N–H and O–H groups in total. The lowest BCUT2D eigenvalue weighted by Gasteiger charge is -2.26. The molecule has 0 aliphatic carbocycles. The van der Waals surface area contributed by atoms with Gasteiger partial charge in [0, 0.05) is 30.0 Å². The minimum atomic E-state index is -0.335. The quantitative estimate of drug-likeness (QED) is 0.603. The fourth-order valence-corrected chi connectivity index (χ4v) is 4.63. The first-order valence-corrected chi connectivity index (χ1v) is 10.9. The van der Waals surface area contributed by atoms with Crippen LogP contribution in [0.2, 0.25) is 0 Å². The average molecular weight is 471 g/mol. The third-order valence-electron chi connectivity index (χ3n) is 5.78. The van der Waals surface area contributed by atoms with Crippen LogP contribution in [-0.2, 0) is 11.2 Å². The first-order valence-electron chi connectivity index (χ1n) is 10.1. The fraction of sp³-hybridized carbons (Fsp3) is 0.348. The van der Waals surface area contributed by atoms with Crippen LogP contribution in [0.3, 0.4) is 0 Å². The number of amides is 3. The molecule has 0 radical (unpaired) electrons. The predicted molar refractivity (Wildman–Crippen MR) is 116 cm³/mol. The molecule has 0 saturated carbocycles. The molecule has 2 aliphatic heterocycles. The van der Waals surface area contributed by atoms with Crippen LogP contribution in [0.4, 0.5) is 0 Å². The molecule has 2 aromatic rings. The molecule has 1 unspecified atom stereocenters. The monoisotopic (exact) mass is 470 g/mol. The molecule has 7 heteroatoms. The van der Waals surface area contributed by atoms with Gasteiger partial charge in [0.25, 0.3) is 11.8 Å². The number of halogens is 1. The van der Waals surface area contributed by atoms with Gasteiger partial charge in [-0.15, -0.1) is 0 Å². The van der Waals surface area contributed by atoms with Crippen molar-refractivity contribution in [3.8, 4) is 5.75 Å². The molecule has 4 rings (SSSR count). The van der Waals surface area contributed by atoms with Crippen molar-refractivity contribution in [3.05, 3.63) is 63.6 Å². The lowest BCUT2D eigenvalue weighted by atomic mass is 10.0. The van der Waals surface area contributed by atoms with Crippen molar-refractivity contribution in [2.45, 2.75) is 31.7 Å². The number of carbonyl (C=O) groups excluding carboxylic acids is 3. The number of rotatable bonds is 6. The van der Waals surface area contributed by atoms with Crippen molar-refractivity contribution >= 4 is 33.7 Å². The summed E-state index contributed by atoms with van der Waals surface area (Å²) in [5.41, 5.74) is 1.91. The predicted octanol–water partition coefficient (Wildman–Crippen LogP) is 3.68. The van der Waals surface area contributed by atoms with Crippen molar-refractivity contribution in [1.82, 2.24) is 9.80 Å². The zero-order valence-corrected chi connectivity index (χ0v) is 18.4. The topological polar surface area (TPSA) is 66.9 Å². The number of likely N-dealkylation sites (tertiary alicyclic amines) is 1. The summed E-state index contributed by atoms with van der Waals surface area (Å²) in [5, 5.41) is 0. The molecule has 1 atom stereocenters. The Morgan fingerprint density at radius 2 is 1.93 bits per heavy atom. The highest BCUT2D eigenvalue weighted by atomic mass is 79.9. The Balaban J connectivity index is 1.39. The Labute approximate surface area is 183 Å². The second-order valence-corrected chi connectivity index (χ2v) is 8.56. The summed E-state index contributed by atoms with van der Waals surface area (Å²) in [4.78, 5) is 41.2. The van der Waals surface area contributed by atoms with E-state index >= 15 is 0 Å². The molecule has 0 aromatic heterocycles. The molecule has 6 nitrogen and oxygen atoms in total. The number of imide groups is 1. The number of ether oxygens (including phenoxy) is 1. The van der Waals surface area contributed by atoms with Crippen LogP contribution in [0.25, 0.3) is 0 Å². The summed E-state index contributed by atoms with van der Waals surface area (Å²) in [6.07, 6.45) is 2.82. The maximum atomic E-state index is 12.9.